The highest BCUT2D eigenvalue weighted by atomic mass is 32.1. The lowest BCUT2D eigenvalue weighted by Gasteiger charge is -2.03. The standard InChI is InChI=1S/C8H11N3S/c1-5(9)7-6(2)10-8-11(7)3-4-12-8/h3-5H,9H2,1-2H3/t5-/m0/s1. The molecule has 2 aromatic rings. The number of imidazole rings is 1. The number of aromatic nitrogens is 2. The summed E-state index contributed by atoms with van der Waals surface area (Å²) < 4.78 is 2.06. The van der Waals surface area contributed by atoms with E-state index in [2.05, 4.69) is 9.38 Å². The van der Waals surface area contributed by atoms with Gasteiger partial charge in [-0.3, -0.25) is 4.40 Å². The molecule has 2 heterocycles. The van der Waals surface area contributed by atoms with Gasteiger partial charge in [-0.25, -0.2) is 4.98 Å². The summed E-state index contributed by atoms with van der Waals surface area (Å²) in [6, 6.07) is 0.0506. The molecule has 0 aliphatic carbocycles. The highest BCUT2D eigenvalue weighted by Crippen LogP contribution is 2.20. The maximum absolute atomic E-state index is 5.83. The Kier molecular flexibility index (Phi) is 1.66. The summed E-state index contributed by atoms with van der Waals surface area (Å²) in [6.07, 6.45) is 2.01. The van der Waals surface area contributed by atoms with Gasteiger partial charge in [0.25, 0.3) is 0 Å². The Bertz CT molecular complexity index is 399. The Labute approximate surface area is 74.8 Å². The van der Waals surface area contributed by atoms with E-state index < -0.39 is 0 Å². The lowest BCUT2D eigenvalue weighted by atomic mass is 10.2. The van der Waals surface area contributed by atoms with Gasteiger partial charge in [-0.1, -0.05) is 0 Å². The molecule has 0 saturated heterocycles. The molecule has 4 heteroatoms. The van der Waals surface area contributed by atoms with Crippen molar-refractivity contribution < 1.29 is 0 Å². The number of nitrogens with zero attached hydrogens (tertiary/aromatic N) is 2. The summed E-state index contributed by atoms with van der Waals surface area (Å²) >= 11 is 1.64. The molecule has 0 aromatic carbocycles. The Morgan fingerprint density at radius 1 is 1.67 bits per heavy atom. The van der Waals surface area contributed by atoms with Gasteiger partial charge in [0.15, 0.2) is 4.96 Å². The molecule has 64 valence electrons. The fraction of sp³-hybridized carbons (Fsp3) is 0.375. The number of fused-ring (bicyclic) bond motifs is 1. The van der Waals surface area contributed by atoms with Crippen molar-refractivity contribution in [2.75, 3.05) is 0 Å². The van der Waals surface area contributed by atoms with Gasteiger partial charge >= 0.3 is 0 Å². The van der Waals surface area contributed by atoms with Crippen LogP contribution in [0.15, 0.2) is 11.6 Å². The largest absolute Gasteiger partial charge is 0.323 e. The lowest BCUT2D eigenvalue weighted by Crippen LogP contribution is -2.08. The summed E-state index contributed by atoms with van der Waals surface area (Å²) in [4.78, 5) is 5.42. The van der Waals surface area contributed by atoms with Crippen LogP contribution in [0.5, 0.6) is 0 Å². The third-order valence-corrected chi connectivity index (χ3v) is 2.67. The Morgan fingerprint density at radius 2 is 2.42 bits per heavy atom. The second kappa shape index (κ2) is 2.57. The van der Waals surface area contributed by atoms with Crippen molar-refractivity contribution in [2.24, 2.45) is 5.73 Å². The van der Waals surface area contributed by atoms with Crippen LogP contribution in [-0.4, -0.2) is 9.38 Å². The summed E-state index contributed by atoms with van der Waals surface area (Å²) in [5, 5.41) is 2.02. The third-order valence-electron chi connectivity index (χ3n) is 1.91. The van der Waals surface area contributed by atoms with E-state index in [-0.39, 0.29) is 6.04 Å². The Hall–Kier alpha value is -0.870. The molecule has 0 fully saturated rings. The molecular weight excluding hydrogens is 170 g/mol. The minimum Gasteiger partial charge on any atom is -0.323 e. The van der Waals surface area contributed by atoms with Crippen molar-refractivity contribution in [2.45, 2.75) is 19.9 Å². The predicted molar refractivity (Wildman–Crippen MR) is 50.4 cm³/mol. The molecule has 2 rings (SSSR count). The maximum Gasteiger partial charge on any atom is 0.194 e. The highest BCUT2D eigenvalue weighted by Gasteiger charge is 2.11. The van der Waals surface area contributed by atoms with Crippen LogP contribution in [0.2, 0.25) is 0 Å². The minimum absolute atomic E-state index is 0.0506. The van der Waals surface area contributed by atoms with Crippen molar-refractivity contribution in [1.82, 2.24) is 9.38 Å². The van der Waals surface area contributed by atoms with E-state index in [0.717, 1.165) is 16.3 Å². The number of rotatable bonds is 1. The van der Waals surface area contributed by atoms with Gasteiger partial charge in [-0.15, -0.1) is 11.3 Å². The zero-order chi connectivity index (χ0) is 8.72. The number of aryl methyl sites for hydroxylation is 1. The van der Waals surface area contributed by atoms with Crippen molar-refractivity contribution in [1.29, 1.82) is 0 Å². The summed E-state index contributed by atoms with van der Waals surface area (Å²) in [5.74, 6) is 0. The first kappa shape index (κ1) is 7.76. The van der Waals surface area contributed by atoms with Crippen LogP contribution in [0.1, 0.15) is 24.4 Å². The molecule has 1 atom stereocenters. The number of thiazole rings is 1. The normalized spacial score (nSPS) is 13.9. The van der Waals surface area contributed by atoms with Crippen LogP contribution in [0, 0.1) is 6.92 Å². The highest BCUT2D eigenvalue weighted by molar-refractivity contribution is 7.15. The first-order valence-corrected chi connectivity index (χ1v) is 4.75. The average molecular weight is 181 g/mol. The molecule has 0 bridgehead atoms. The molecule has 3 nitrogen and oxygen atoms in total. The van der Waals surface area contributed by atoms with Crippen molar-refractivity contribution in [3.05, 3.63) is 23.0 Å². The zero-order valence-electron chi connectivity index (χ0n) is 7.11. The first-order valence-electron chi connectivity index (χ1n) is 3.88. The zero-order valence-corrected chi connectivity index (χ0v) is 7.93. The summed E-state index contributed by atoms with van der Waals surface area (Å²) in [6.45, 7) is 3.98. The van der Waals surface area contributed by atoms with E-state index in [4.69, 9.17) is 5.73 Å². The van der Waals surface area contributed by atoms with Crippen LogP contribution in [0.25, 0.3) is 4.96 Å². The van der Waals surface area contributed by atoms with Gasteiger partial charge in [0.1, 0.15) is 0 Å². The second-order valence-electron chi connectivity index (χ2n) is 2.93. The quantitative estimate of drug-likeness (QED) is 0.728. The second-order valence-corrected chi connectivity index (χ2v) is 3.80. The van der Waals surface area contributed by atoms with Crippen LogP contribution >= 0.6 is 11.3 Å². The van der Waals surface area contributed by atoms with Gasteiger partial charge in [-0.2, -0.15) is 0 Å². The molecule has 0 aliphatic heterocycles. The molecule has 0 amide bonds. The smallest absolute Gasteiger partial charge is 0.194 e. The van der Waals surface area contributed by atoms with Gasteiger partial charge in [0, 0.05) is 17.6 Å². The molecule has 0 saturated carbocycles. The molecular formula is C8H11N3S. The SMILES string of the molecule is Cc1nc2sccn2c1[C@H](C)N. The van der Waals surface area contributed by atoms with Gasteiger partial charge in [0.2, 0.25) is 0 Å². The fourth-order valence-corrected chi connectivity index (χ4v) is 2.23. The Morgan fingerprint density at radius 3 is 3.08 bits per heavy atom. The third kappa shape index (κ3) is 0.956. The molecule has 0 spiro atoms. The van der Waals surface area contributed by atoms with Gasteiger partial charge in [0.05, 0.1) is 11.4 Å². The number of hydrogen-bond donors (Lipinski definition) is 1. The van der Waals surface area contributed by atoms with E-state index >= 15 is 0 Å². The lowest BCUT2D eigenvalue weighted by molar-refractivity contribution is 0.763. The molecule has 12 heavy (non-hydrogen) atoms. The molecule has 0 aliphatic rings. The van der Waals surface area contributed by atoms with Crippen LogP contribution < -0.4 is 5.73 Å². The van der Waals surface area contributed by atoms with Gasteiger partial charge < -0.3 is 5.73 Å². The topological polar surface area (TPSA) is 43.3 Å². The molecule has 0 unspecified atom stereocenters. The average Bonchev–Trinajstić information content (AvgIpc) is 2.44. The number of nitrogens with two attached hydrogens (primary N) is 1. The van der Waals surface area contributed by atoms with E-state index in [9.17, 15) is 0 Å². The molecule has 0 radical (unpaired) electrons. The summed E-state index contributed by atoms with van der Waals surface area (Å²) in [7, 11) is 0. The predicted octanol–water partition coefficient (Wildman–Crippen LogP) is 1.72. The van der Waals surface area contributed by atoms with E-state index in [0.29, 0.717) is 0 Å². The van der Waals surface area contributed by atoms with Crippen molar-refractivity contribution in [3.8, 4) is 0 Å². The fourth-order valence-electron chi connectivity index (χ4n) is 1.46. The first-order chi connectivity index (χ1) is 5.70. The van der Waals surface area contributed by atoms with Crippen LogP contribution in [0.4, 0.5) is 0 Å². The monoisotopic (exact) mass is 181 g/mol. The maximum atomic E-state index is 5.83. The van der Waals surface area contributed by atoms with E-state index in [1.807, 2.05) is 25.4 Å². The molecule has 2 aromatic heterocycles. The summed E-state index contributed by atoms with van der Waals surface area (Å²) in [5.41, 5.74) is 7.98. The minimum atomic E-state index is 0.0506. The molecule has 2 N–H and O–H groups in total. The van der Waals surface area contributed by atoms with Crippen molar-refractivity contribution >= 4 is 16.3 Å². The van der Waals surface area contributed by atoms with E-state index in [1.165, 1.54) is 0 Å². The van der Waals surface area contributed by atoms with E-state index in [1.54, 1.807) is 11.3 Å². The Balaban J connectivity index is 2.76. The van der Waals surface area contributed by atoms with Crippen molar-refractivity contribution in [3.63, 3.8) is 0 Å². The number of hydrogen-bond acceptors (Lipinski definition) is 3. The van der Waals surface area contributed by atoms with Crippen LogP contribution in [-0.2, 0) is 0 Å². The van der Waals surface area contributed by atoms with Gasteiger partial charge in [-0.05, 0) is 13.8 Å². The van der Waals surface area contributed by atoms with Crippen LogP contribution in [0.3, 0.4) is 0 Å².